The molecule has 2 fully saturated rings. The Bertz CT molecular complexity index is 742. The lowest BCUT2D eigenvalue weighted by atomic mass is 9.68. The molecular weight excluding hydrogens is 356 g/mol. The van der Waals surface area contributed by atoms with Crippen molar-refractivity contribution in [3.05, 3.63) is 29.6 Å². The van der Waals surface area contributed by atoms with E-state index in [4.69, 9.17) is 5.48 Å². The van der Waals surface area contributed by atoms with Crippen LogP contribution >= 0.6 is 0 Å². The van der Waals surface area contributed by atoms with Gasteiger partial charge < -0.3 is 4.74 Å². The summed E-state index contributed by atoms with van der Waals surface area (Å²) in [5, 5.41) is 0. The van der Waals surface area contributed by atoms with Crippen molar-refractivity contribution in [3.63, 3.8) is 0 Å². The molecule has 0 saturated heterocycles. The van der Waals surface area contributed by atoms with Crippen LogP contribution in [0.25, 0.3) is 0 Å². The van der Waals surface area contributed by atoms with Crippen LogP contribution in [0.4, 0.5) is 17.6 Å². The van der Waals surface area contributed by atoms with Gasteiger partial charge in [0.25, 0.3) is 0 Å². The summed E-state index contributed by atoms with van der Waals surface area (Å²) in [5.74, 6) is -2.25. The summed E-state index contributed by atoms with van der Waals surface area (Å²) in [6.07, 6.45) is -2.96. The van der Waals surface area contributed by atoms with Crippen molar-refractivity contribution in [1.82, 2.24) is 0 Å². The minimum Gasteiger partial charge on any atom is -0.403 e. The summed E-state index contributed by atoms with van der Waals surface area (Å²) in [6, 6.07) is 3.60. The molecule has 0 bridgehead atoms. The molecule has 0 aliphatic heterocycles. The standard InChI is InChI=1S/C22H30F4O/c1-2-3-15-4-6-16(7-5-15)17-8-10-18(11-9-17)19-12-13-21(20(23)14-19)27-22(24,25)26/h12-18H,2-11H2,1H3/i4D2,5D2. The molecule has 2 aliphatic rings. The van der Waals surface area contributed by atoms with Crippen LogP contribution in [0.3, 0.4) is 0 Å². The van der Waals surface area contributed by atoms with Gasteiger partial charge in [0.1, 0.15) is 0 Å². The normalized spacial score (nSPS) is 35.4. The first-order valence-electron chi connectivity index (χ1n) is 11.9. The smallest absolute Gasteiger partial charge is 0.403 e. The molecule has 0 aromatic heterocycles. The van der Waals surface area contributed by atoms with E-state index in [1.54, 1.807) is 0 Å². The fourth-order valence-corrected chi connectivity index (χ4v) is 4.46. The summed E-state index contributed by atoms with van der Waals surface area (Å²) >= 11 is 0. The largest absolute Gasteiger partial charge is 0.573 e. The average Bonchev–Trinajstić information content (AvgIpc) is 2.65. The van der Waals surface area contributed by atoms with Crippen molar-refractivity contribution in [1.29, 1.82) is 0 Å². The van der Waals surface area contributed by atoms with Crippen LogP contribution in [0.5, 0.6) is 5.75 Å². The van der Waals surface area contributed by atoms with E-state index >= 15 is 0 Å². The monoisotopic (exact) mass is 390 g/mol. The highest BCUT2D eigenvalue weighted by Gasteiger charge is 2.33. The molecule has 3 rings (SSSR count). The van der Waals surface area contributed by atoms with Crippen LogP contribution in [-0.4, -0.2) is 6.36 Å². The highest BCUT2D eigenvalue weighted by molar-refractivity contribution is 5.31. The van der Waals surface area contributed by atoms with Crippen molar-refractivity contribution in [3.8, 4) is 5.75 Å². The van der Waals surface area contributed by atoms with Gasteiger partial charge in [0.2, 0.25) is 0 Å². The Morgan fingerprint density at radius 3 is 2.22 bits per heavy atom. The lowest BCUT2D eigenvalue weighted by Crippen LogP contribution is -2.25. The molecule has 27 heavy (non-hydrogen) atoms. The number of hydrogen-bond donors (Lipinski definition) is 0. The van der Waals surface area contributed by atoms with Gasteiger partial charge in [0.05, 0.1) is 0 Å². The number of hydrogen-bond acceptors (Lipinski definition) is 1. The van der Waals surface area contributed by atoms with Crippen LogP contribution < -0.4 is 4.74 Å². The van der Waals surface area contributed by atoms with Crippen LogP contribution in [0.2, 0.25) is 0 Å². The number of benzene rings is 1. The van der Waals surface area contributed by atoms with Gasteiger partial charge in [0, 0.05) is 5.48 Å². The van der Waals surface area contributed by atoms with Gasteiger partial charge >= 0.3 is 6.36 Å². The first-order valence-corrected chi connectivity index (χ1v) is 9.87. The van der Waals surface area contributed by atoms with Gasteiger partial charge in [-0.15, -0.1) is 13.2 Å². The van der Waals surface area contributed by atoms with Crippen molar-refractivity contribution in [2.45, 2.75) is 83.3 Å². The Morgan fingerprint density at radius 2 is 1.67 bits per heavy atom. The Labute approximate surface area is 165 Å². The van der Waals surface area contributed by atoms with E-state index in [1.165, 1.54) is 6.07 Å². The summed E-state index contributed by atoms with van der Waals surface area (Å²) in [5.41, 5.74) is 0.641. The van der Waals surface area contributed by atoms with Gasteiger partial charge in [-0.05, 0) is 79.9 Å². The molecule has 1 nitrogen and oxygen atoms in total. The van der Waals surface area contributed by atoms with Crippen LogP contribution in [0.15, 0.2) is 18.2 Å². The number of halogens is 4. The quantitative estimate of drug-likeness (QED) is 0.470. The molecule has 5 heteroatoms. The molecule has 0 radical (unpaired) electrons. The first kappa shape index (κ1) is 15.6. The maximum atomic E-state index is 14.1. The summed E-state index contributed by atoms with van der Waals surface area (Å²) in [4.78, 5) is 0. The van der Waals surface area contributed by atoms with Crippen LogP contribution in [0, 0.1) is 23.6 Å². The van der Waals surface area contributed by atoms with Crippen molar-refractivity contribution < 1.29 is 27.8 Å². The Balaban J connectivity index is 1.63. The highest BCUT2D eigenvalue weighted by atomic mass is 19.4. The minimum atomic E-state index is -4.94. The number of alkyl halides is 3. The zero-order valence-electron chi connectivity index (χ0n) is 19.6. The van der Waals surface area contributed by atoms with E-state index in [-0.39, 0.29) is 17.8 Å². The van der Waals surface area contributed by atoms with Gasteiger partial charge in [-0.1, -0.05) is 38.6 Å². The van der Waals surface area contributed by atoms with E-state index < -0.39 is 36.6 Å². The number of rotatable bonds is 5. The van der Waals surface area contributed by atoms with Crippen LogP contribution in [-0.2, 0) is 0 Å². The molecule has 0 spiro atoms. The van der Waals surface area contributed by atoms with Crippen molar-refractivity contribution >= 4 is 0 Å². The molecule has 0 unspecified atom stereocenters. The Morgan fingerprint density at radius 1 is 1.04 bits per heavy atom. The predicted molar refractivity (Wildman–Crippen MR) is 98.1 cm³/mol. The average molecular weight is 390 g/mol. The molecule has 2 saturated carbocycles. The first-order chi connectivity index (χ1) is 14.3. The van der Waals surface area contributed by atoms with Gasteiger partial charge in [-0.3, -0.25) is 0 Å². The maximum Gasteiger partial charge on any atom is 0.573 e. The van der Waals surface area contributed by atoms with E-state index in [9.17, 15) is 17.6 Å². The van der Waals surface area contributed by atoms with Gasteiger partial charge in [0.15, 0.2) is 11.6 Å². The maximum absolute atomic E-state index is 14.1. The molecule has 0 atom stereocenters. The molecule has 1 aromatic carbocycles. The molecular formula is C22H30F4O. The van der Waals surface area contributed by atoms with E-state index in [2.05, 4.69) is 4.74 Å². The second-order valence-electron chi connectivity index (χ2n) is 7.77. The zero-order chi connectivity index (χ0) is 23.0. The fraction of sp³-hybridized carbons (Fsp3) is 0.727. The second-order valence-corrected chi connectivity index (χ2v) is 7.77. The third-order valence-electron chi connectivity index (χ3n) is 5.92. The lowest BCUT2D eigenvalue weighted by Gasteiger charge is -2.38. The summed E-state index contributed by atoms with van der Waals surface area (Å²) in [6.45, 7) is 1.95. The zero-order valence-corrected chi connectivity index (χ0v) is 15.6. The van der Waals surface area contributed by atoms with E-state index in [0.717, 1.165) is 44.2 Å². The van der Waals surface area contributed by atoms with Crippen molar-refractivity contribution in [2.24, 2.45) is 17.8 Å². The second kappa shape index (κ2) is 8.83. The Hall–Kier alpha value is -1.26. The SMILES string of the molecule is [2H]C1([2H])CC(C2CCC(c3ccc(OC(F)(F)F)c(F)c3)CC2)CC([2H])([2H])C1CCC. The molecule has 152 valence electrons. The number of ether oxygens (including phenoxy) is 1. The van der Waals surface area contributed by atoms with E-state index in [0.29, 0.717) is 24.8 Å². The third-order valence-corrected chi connectivity index (χ3v) is 5.92. The third kappa shape index (κ3) is 5.61. The summed E-state index contributed by atoms with van der Waals surface area (Å²) < 4.78 is 88.6. The minimum absolute atomic E-state index is 0.0237. The Kier molecular flexibility index (Phi) is 5.11. The lowest BCUT2D eigenvalue weighted by molar-refractivity contribution is -0.275. The van der Waals surface area contributed by atoms with Gasteiger partial charge in [-0.2, -0.15) is 0 Å². The predicted octanol–water partition coefficient (Wildman–Crippen LogP) is 7.60. The van der Waals surface area contributed by atoms with Crippen molar-refractivity contribution in [2.75, 3.05) is 0 Å². The summed E-state index contributed by atoms with van der Waals surface area (Å²) in [7, 11) is 0. The van der Waals surface area contributed by atoms with Crippen LogP contribution in [0.1, 0.15) is 88.0 Å². The molecule has 0 heterocycles. The topological polar surface area (TPSA) is 9.23 Å². The molecule has 1 aromatic rings. The van der Waals surface area contributed by atoms with Gasteiger partial charge in [-0.25, -0.2) is 4.39 Å². The molecule has 2 aliphatic carbocycles. The molecule has 0 N–H and O–H groups in total. The molecule has 0 amide bonds. The highest BCUT2D eigenvalue weighted by Crippen LogP contribution is 2.44. The fourth-order valence-electron chi connectivity index (χ4n) is 4.46. The van der Waals surface area contributed by atoms with E-state index in [1.807, 2.05) is 6.92 Å².